The van der Waals surface area contributed by atoms with Crippen LogP contribution >= 0.6 is 0 Å². The minimum absolute atomic E-state index is 0.0304. The van der Waals surface area contributed by atoms with Crippen molar-refractivity contribution in [2.75, 3.05) is 35.7 Å². The number of pyridine rings is 4. The van der Waals surface area contributed by atoms with Gasteiger partial charge in [0.1, 0.15) is 29.0 Å². The summed E-state index contributed by atoms with van der Waals surface area (Å²) >= 11 is 0. The topological polar surface area (TPSA) is 152 Å². The number of anilines is 3. The molecule has 0 spiro atoms. The predicted octanol–water partition coefficient (Wildman–Crippen LogP) is 15.9. The molecular formula is C66H78N8O4. The predicted molar refractivity (Wildman–Crippen MR) is 321 cm³/mol. The van der Waals surface area contributed by atoms with Gasteiger partial charge in [0, 0.05) is 36.4 Å². The lowest BCUT2D eigenvalue weighted by Gasteiger charge is -2.26. The minimum Gasteiger partial charge on any atom is -0.493 e. The molecule has 4 heterocycles. The highest BCUT2D eigenvalue weighted by Crippen LogP contribution is 2.35. The Kier molecular flexibility index (Phi) is 16.9. The maximum absolute atomic E-state index is 13.8. The smallest absolute Gasteiger partial charge is 0.326 e. The number of amides is 4. The van der Waals surface area contributed by atoms with Crippen molar-refractivity contribution in [1.29, 1.82) is 0 Å². The van der Waals surface area contributed by atoms with Crippen LogP contribution in [0.5, 0.6) is 11.5 Å². The van der Waals surface area contributed by atoms with E-state index in [1.807, 2.05) is 72.8 Å². The summed E-state index contributed by atoms with van der Waals surface area (Å²) in [6, 6.07) is 40.0. The average molecular weight is 1050 g/mol. The average Bonchev–Trinajstić information content (AvgIpc) is 3.47. The molecule has 12 heteroatoms. The highest BCUT2D eigenvalue weighted by atomic mass is 16.5. The van der Waals surface area contributed by atoms with Gasteiger partial charge in [-0.15, -0.1) is 0 Å². The fraction of sp³-hybridized carbons (Fsp3) is 0.364. The lowest BCUT2D eigenvalue weighted by atomic mass is 9.79. The highest BCUT2D eigenvalue weighted by Gasteiger charge is 2.23. The number of nitrogens with zero attached hydrogens (tertiary/aromatic N) is 4. The molecule has 0 bridgehead atoms. The summed E-state index contributed by atoms with van der Waals surface area (Å²) in [5, 5.41) is 13.0. The number of hydrogen-bond acceptors (Lipinski definition) is 8. The van der Waals surface area contributed by atoms with E-state index >= 15 is 0 Å². The molecule has 4 N–H and O–H groups in total. The van der Waals surface area contributed by atoms with Crippen LogP contribution in [0.15, 0.2) is 128 Å². The van der Waals surface area contributed by atoms with E-state index < -0.39 is 6.03 Å². The third-order valence-corrected chi connectivity index (χ3v) is 13.9. The molecule has 12 nitrogen and oxygen atoms in total. The Balaban J connectivity index is 0.961. The van der Waals surface area contributed by atoms with Crippen molar-refractivity contribution in [3.8, 4) is 33.8 Å². The van der Waals surface area contributed by atoms with Crippen LogP contribution in [0, 0.1) is 0 Å². The van der Waals surface area contributed by atoms with Crippen LogP contribution in [0.2, 0.25) is 0 Å². The molecule has 0 fully saturated rings. The lowest BCUT2D eigenvalue weighted by Crippen LogP contribution is -2.29. The quantitative estimate of drug-likeness (QED) is 0.0698. The fourth-order valence-electron chi connectivity index (χ4n) is 9.07. The van der Waals surface area contributed by atoms with Crippen LogP contribution in [0.25, 0.3) is 44.3 Å². The van der Waals surface area contributed by atoms with E-state index in [1.54, 1.807) is 18.3 Å². The van der Waals surface area contributed by atoms with Gasteiger partial charge in [0.15, 0.2) is 11.3 Å². The molecular weight excluding hydrogens is 969 g/mol. The molecule has 4 amide bonds. The van der Waals surface area contributed by atoms with Gasteiger partial charge in [0.25, 0.3) is 0 Å². The third kappa shape index (κ3) is 14.6. The Morgan fingerprint density at radius 1 is 0.462 bits per heavy atom. The minimum atomic E-state index is -0.557. The second-order valence-corrected chi connectivity index (χ2v) is 24.4. The summed E-state index contributed by atoms with van der Waals surface area (Å²) < 4.78 is 12.6. The van der Waals surface area contributed by atoms with Crippen LogP contribution < -0.4 is 30.7 Å². The van der Waals surface area contributed by atoms with Crippen LogP contribution in [0.4, 0.5) is 27.0 Å². The molecule has 0 radical (unpaired) electrons. The maximum Gasteiger partial charge on any atom is 0.326 e. The normalized spacial score (nSPS) is 12.1. The van der Waals surface area contributed by atoms with E-state index in [4.69, 9.17) is 24.4 Å². The summed E-state index contributed by atoms with van der Waals surface area (Å²) in [6.07, 6.45) is 5.11. The lowest BCUT2D eigenvalue weighted by molar-refractivity contribution is 0.252. The number of nitrogens with one attached hydrogen (secondary N) is 4. The molecule has 8 aromatic rings. The Hall–Kier alpha value is -7.86. The first-order valence-electron chi connectivity index (χ1n) is 27.4. The zero-order valence-corrected chi connectivity index (χ0v) is 48.0. The first-order chi connectivity index (χ1) is 36.9. The Morgan fingerprint density at radius 3 is 1.36 bits per heavy atom. The maximum atomic E-state index is 13.8. The number of aromatic nitrogens is 4. The summed E-state index contributed by atoms with van der Waals surface area (Å²) in [5.41, 5.74) is 12.4. The van der Waals surface area contributed by atoms with Crippen molar-refractivity contribution in [2.45, 2.75) is 137 Å². The summed E-state index contributed by atoms with van der Waals surface area (Å²) in [4.78, 5) is 45.3. The van der Waals surface area contributed by atoms with Gasteiger partial charge in [-0.25, -0.2) is 29.5 Å². The van der Waals surface area contributed by atoms with Gasteiger partial charge in [0.05, 0.1) is 13.2 Å². The largest absolute Gasteiger partial charge is 0.493 e. The van der Waals surface area contributed by atoms with E-state index in [1.165, 1.54) is 33.4 Å². The molecule has 0 unspecified atom stereocenters. The fourth-order valence-corrected chi connectivity index (χ4v) is 9.07. The van der Waals surface area contributed by atoms with Crippen LogP contribution in [0.3, 0.4) is 0 Å². The first-order valence-corrected chi connectivity index (χ1v) is 27.4. The van der Waals surface area contributed by atoms with Gasteiger partial charge < -0.3 is 14.8 Å². The number of unbranched alkanes of at least 4 members (excludes halogenated alkanes) is 1. The molecule has 78 heavy (non-hydrogen) atoms. The molecule has 8 rings (SSSR count). The molecule has 0 atom stereocenters. The number of urea groups is 2. The van der Waals surface area contributed by atoms with Crippen molar-refractivity contribution >= 4 is 51.6 Å². The number of carbonyl (C=O) groups is 2. The van der Waals surface area contributed by atoms with Gasteiger partial charge in [-0.1, -0.05) is 157 Å². The van der Waals surface area contributed by atoms with E-state index in [0.29, 0.717) is 42.7 Å². The molecule has 0 aliphatic rings. The van der Waals surface area contributed by atoms with Gasteiger partial charge in [0.2, 0.25) is 0 Å². The monoisotopic (exact) mass is 1050 g/mol. The Bertz CT molecular complexity index is 3350. The molecule has 0 aliphatic carbocycles. The Labute approximate surface area is 461 Å². The van der Waals surface area contributed by atoms with Gasteiger partial charge >= 0.3 is 12.1 Å². The number of hydrogen-bond donors (Lipinski definition) is 4. The zero-order valence-electron chi connectivity index (χ0n) is 48.0. The van der Waals surface area contributed by atoms with Crippen molar-refractivity contribution in [3.63, 3.8) is 0 Å². The summed E-state index contributed by atoms with van der Waals surface area (Å²) in [7, 11) is 0. The van der Waals surface area contributed by atoms with Crippen LogP contribution in [-0.4, -0.2) is 51.8 Å². The third-order valence-electron chi connectivity index (χ3n) is 13.9. The molecule has 0 saturated heterocycles. The van der Waals surface area contributed by atoms with Crippen molar-refractivity contribution in [3.05, 3.63) is 161 Å². The van der Waals surface area contributed by atoms with E-state index in [0.717, 1.165) is 70.2 Å². The number of rotatable bonds is 16. The van der Waals surface area contributed by atoms with Crippen LogP contribution in [0.1, 0.15) is 136 Å². The summed E-state index contributed by atoms with van der Waals surface area (Å²) in [6.45, 7) is 30.8. The molecule has 0 saturated carbocycles. The molecule has 4 aromatic heterocycles. The van der Waals surface area contributed by atoms with E-state index in [2.05, 4.69) is 153 Å². The summed E-state index contributed by atoms with van der Waals surface area (Å²) in [5.74, 6) is 2.41. The number of fused-ring (bicyclic) bond motifs is 2. The second kappa shape index (κ2) is 23.4. The number of carbonyl (C=O) groups excluding carboxylic acids is 2. The zero-order chi connectivity index (χ0) is 56.0. The number of ether oxygens (including phenoxy) is 2. The highest BCUT2D eigenvalue weighted by molar-refractivity contribution is 6.03. The van der Waals surface area contributed by atoms with Crippen molar-refractivity contribution < 1.29 is 19.1 Å². The standard InChI is InChI=1S/C66H78N8O4/c1-14-15-31-68-61(75)72-57-27-25-54-55(45-18-22-51(23-19-45)78-34-30-43-37-48(65(8,9)10)40-49(38-43)66(11,12)13)41-58(71-60(54)70-57)74-62(76)73-56-26-24-53-52(28-32-67-59(53)69-56)44-16-20-50(21-17-44)77-33-29-42-35-46(63(2,3)4)39-47(36-42)64(5,6)7/h16-28,32,35-41H,14-15,29-31,33-34H2,1-13H3,(H4,67,68,69,70,71,72,73,74,75,76). The Morgan fingerprint density at radius 2 is 0.885 bits per heavy atom. The number of benzene rings is 4. The molecule has 4 aromatic carbocycles. The molecule has 406 valence electrons. The van der Waals surface area contributed by atoms with Crippen molar-refractivity contribution in [2.24, 2.45) is 0 Å². The van der Waals surface area contributed by atoms with Crippen molar-refractivity contribution in [1.82, 2.24) is 25.3 Å². The van der Waals surface area contributed by atoms with Crippen LogP contribution in [-0.2, 0) is 34.5 Å². The van der Waals surface area contributed by atoms with Gasteiger partial charge in [-0.3, -0.25) is 16.0 Å². The second-order valence-electron chi connectivity index (χ2n) is 24.4. The molecule has 0 aliphatic heterocycles. The van der Waals surface area contributed by atoms with Gasteiger partial charge in [-0.05, 0) is 144 Å². The first kappa shape index (κ1) is 56.3. The van der Waals surface area contributed by atoms with E-state index in [9.17, 15) is 9.59 Å². The van der Waals surface area contributed by atoms with Gasteiger partial charge in [-0.2, -0.15) is 0 Å². The SMILES string of the molecule is CCCCNC(=O)Nc1ccc2c(-c3ccc(OCCc4cc(C(C)(C)C)cc(C(C)(C)C)c4)cc3)cc(NC(=O)Nc3ccc4c(-c5ccc(OCCc6cc(C(C)(C)C)cc(C(C)(C)C)c6)cc5)ccnc4n3)nc2n1. The van der Waals surface area contributed by atoms with E-state index in [-0.39, 0.29) is 33.5 Å².